The minimum absolute atomic E-state index is 0.127. The summed E-state index contributed by atoms with van der Waals surface area (Å²) in [6, 6.07) is 25.7. The number of benzene rings is 3. The molecule has 0 aliphatic rings. The van der Waals surface area contributed by atoms with Crippen LogP contribution in [-0.2, 0) is 17.6 Å². The van der Waals surface area contributed by atoms with Gasteiger partial charge >= 0.3 is 0 Å². The lowest BCUT2D eigenvalue weighted by Crippen LogP contribution is -2.14. The van der Waals surface area contributed by atoms with Gasteiger partial charge in [0.2, 0.25) is 5.91 Å². The zero-order chi connectivity index (χ0) is 22.3. The lowest BCUT2D eigenvalue weighted by molar-refractivity contribution is -0.113. The van der Waals surface area contributed by atoms with Crippen LogP contribution in [0.2, 0.25) is 5.02 Å². The van der Waals surface area contributed by atoms with E-state index in [1.807, 2.05) is 28.8 Å². The molecule has 162 valence electrons. The Bertz CT molecular complexity index is 1190. The van der Waals surface area contributed by atoms with Gasteiger partial charge in [-0.25, -0.2) is 0 Å². The number of thioether (sulfide) groups is 1. The van der Waals surface area contributed by atoms with Gasteiger partial charge in [-0.05, 0) is 47.9 Å². The quantitative estimate of drug-likeness (QED) is 0.336. The van der Waals surface area contributed by atoms with Gasteiger partial charge in [0.25, 0.3) is 0 Å². The number of nitrogens with one attached hydrogen (secondary N) is 1. The van der Waals surface area contributed by atoms with E-state index in [1.54, 1.807) is 18.2 Å². The molecule has 1 heterocycles. The molecule has 0 saturated carbocycles. The van der Waals surface area contributed by atoms with Gasteiger partial charge < -0.3 is 5.32 Å². The second-order valence-electron chi connectivity index (χ2n) is 7.26. The van der Waals surface area contributed by atoms with Crippen LogP contribution >= 0.6 is 23.4 Å². The number of hydrogen-bond acceptors (Lipinski definition) is 4. The summed E-state index contributed by atoms with van der Waals surface area (Å²) < 4.78 is 2.03. The van der Waals surface area contributed by atoms with Crippen molar-refractivity contribution >= 4 is 35.0 Å². The number of hydrogen-bond donors (Lipinski definition) is 1. The minimum Gasteiger partial charge on any atom is -0.325 e. The van der Waals surface area contributed by atoms with Crippen molar-refractivity contribution in [1.29, 1.82) is 0 Å². The van der Waals surface area contributed by atoms with Gasteiger partial charge in [-0.15, -0.1) is 10.2 Å². The first-order valence-electron chi connectivity index (χ1n) is 10.4. The van der Waals surface area contributed by atoms with Crippen LogP contribution in [-0.4, -0.2) is 26.4 Å². The zero-order valence-corrected chi connectivity index (χ0v) is 19.2. The van der Waals surface area contributed by atoms with Crippen LogP contribution in [0.4, 0.5) is 5.69 Å². The highest BCUT2D eigenvalue weighted by atomic mass is 35.5. The van der Waals surface area contributed by atoms with Crippen LogP contribution in [0.1, 0.15) is 23.9 Å². The standard InChI is InChI=1S/C25H23ClN4OS/c1-2-18-11-13-22(14-12-18)30-23(15-19-7-4-3-5-8-19)28-29-25(30)32-17-24(31)27-21-10-6-9-20(26)16-21/h3-14,16H,2,15,17H2,1H3,(H,27,31). The third-order valence-electron chi connectivity index (χ3n) is 4.95. The highest BCUT2D eigenvalue weighted by molar-refractivity contribution is 7.99. The molecule has 0 unspecified atom stereocenters. The number of halogens is 1. The molecular weight excluding hydrogens is 440 g/mol. The van der Waals surface area contributed by atoms with E-state index in [0.29, 0.717) is 22.3 Å². The van der Waals surface area contributed by atoms with Crippen molar-refractivity contribution in [3.05, 3.63) is 101 Å². The van der Waals surface area contributed by atoms with E-state index in [2.05, 4.69) is 58.8 Å². The van der Waals surface area contributed by atoms with Crippen LogP contribution < -0.4 is 5.32 Å². The largest absolute Gasteiger partial charge is 0.325 e. The maximum atomic E-state index is 12.5. The first-order chi connectivity index (χ1) is 15.6. The molecular formula is C25H23ClN4OS. The van der Waals surface area contributed by atoms with Gasteiger partial charge in [-0.2, -0.15) is 0 Å². The Morgan fingerprint density at radius 1 is 0.969 bits per heavy atom. The topological polar surface area (TPSA) is 59.8 Å². The molecule has 4 rings (SSSR count). The van der Waals surface area contributed by atoms with Crippen molar-refractivity contribution in [3.8, 4) is 5.69 Å². The van der Waals surface area contributed by atoms with E-state index < -0.39 is 0 Å². The highest BCUT2D eigenvalue weighted by Gasteiger charge is 2.16. The van der Waals surface area contributed by atoms with E-state index in [4.69, 9.17) is 11.6 Å². The molecule has 5 nitrogen and oxygen atoms in total. The first kappa shape index (κ1) is 22.1. The van der Waals surface area contributed by atoms with E-state index in [-0.39, 0.29) is 11.7 Å². The van der Waals surface area contributed by atoms with Crippen molar-refractivity contribution in [2.75, 3.05) is 11.1 Å². The number of rotatable bonds is 8. The number of aromatic nitrogens is 3. The van der Waals surface area contributed by atoms with Gasteiger partial charge in [0.15, 0.2) is 5.16 Å². The molecule has 0 aliphatic carbocycles. The highest BCUT2D eigenvalue weighted by Crippen LogP contribution is 2.24. The summed E-state index contributed by atoms with van der Waals surface area (Å²) in [5.74, 6) is 0.916. The fraction of sp³-hybridized carbons (Fsp3) is 0.160. The molecule has 3 aromatic carbocycles. The molecule has 1 N–H and O–H groups in total. The van der Waals surface area contributed by atoms with E-state index >= 15 is 0 Å². The maximum absolute atomic E-state index is 12.5. The van der Waals surface area contributed by atoms with E-state index in [9.17, 15) is 4.79 Å². The molecule has 0 bridgehead atoms. The first-order valence-corrected chi connectivity index (χ1v) is 11.7. The normalized spacial score (nSPS) is 10.8. The number of carbonyl (C=O) groups excluding carboxylic acids is 1. The average Bonchev–Trinajstić information content (AvgIpc) is 3.20. The molecule has 0 spiro atoms. The molecule has 0 atom stereocenters. The Hall–Kier alpha value is -3.09. The molecule has 0 saturated heterocycles. The molecule has 1 amide bonds. The predicted octanol–water partition coefficient (Wildman–Crippen LogP) is 5.80. The smallest absolute Gasteiger partial charge is 0.234 e. The Morgan fingerprint density at radius 3 is 2.47 bits per heavy atom. The molecule has 1 aromatic heterocycles. The van der Waals surface area contributed by atoms with Crippen LogP contribution in [0.15, 0.2) is 84.0 Å². The third kappa shape index (κ3) is 5.58. The monoisotopic (exact) mass is 462 g/mol. The lowest BCUT2D eigenvalue weighted by Gasteiger charge is -2.11. The maximum Gasteiger partial charge on any atom is 0.234 e. The SMILES string of the molecule is CCc1ccc(-n2c(Cc3ccccc3)nnc2SCC(=O)Nc2cccc(Cl)c2)cc1. The predicted molar refractivity (Wildman–Crippen MR) is 131 cm³/mol. The fourth-order valence-electron chi connectivity index (χ4n) is 3.32. The van der Waals surface area contributed by atoms with E-state index in [1.165, 1.54) is 17.3 Å². The summed E-state index contributed by atoms with van der Waals surface area (Å²) in [4.78, 5) is 12.5. The number of aryl methyl sites for hydroxylation is 1. The fourth-order valence-corrected chi connectivity index (χ4v) is 4.28. The Labute approximate surface area is 196 Å². The minimum atomic E-state index is -0.127. The molecule has 32 heavy (non-hydrogen) atoms. The van der Waals surface area contributed by atoms with Crippen LogP contribution in [0.5, 0.6) is 0 Å². The van der Waals surface area contributed by atoms with Crippen molar-refractivity contribution in [3.63, 3.8) is 0 Å². The van der Waals surface area contributed by atoms with Crippen LogP contribution in [0.3, 0.4) is 0 Å². The van der Waals surface area contributed by atoms with Crippen molar-refractivity contribution in [2.45, 2.75) is 24.9 Å². The summed E-state index contributed by atoms with van der Waals surface area (Å²) in [7, 11) is 0. The van der Waals surface area contributed by atoms with Crippen LogP contribution in [0.25, 0.3) is 5.69 Å². The van der Waals surface area contributed by atoms with Gasteiger partial charge in [-0.3, -0.25) is 9.36 Å². The molecule has 4 aromatic rings. The van der Waals surface area contributed by atoms with Gasteiger partial charge in [-0.1, -0.05) is 78.8 Å². The van der Waals surface area contributed by atoms with Crippen molar-refractivity contribution in [2.24, 2.45) is 0 Å². The summed E-state index contributed by atoms with van der Waals surface area (Å²) in [5.41, 5.74) is 4.07. The molecule has 0 aliphatic heterocycles. The number of nitrogens with zero attached hydrogens (tertiary/aromatic N) is 3. The number of anilines is 1. The van der Waals surface area contributed by atoms with Gasteiger partial charge in [0, 0.05) is 22.8 Å². The molecule has 0 radical (unpaired) electrons. The summed E-state index contributed by atoms with van der Waals surface area (Å²) in [6.07, 6.45) is 1.63. The average molecular weight is 463 g/mol. The summed E-state index contributed by atoms with van der Waals surface area (Å²) in [5, 5.41) is 13.0. The zero-order valence-electron chi connectivity index (χ0n) is 17.7. The Kier molecular flexibility index (Phi) is 7.24. The summed E-state index contributed by atoms with van der Waals surface area (Å²) in [6.45, 7) is 2.13. The van der Waals surface area contributed by atoms with Gasteiger partial charge in [0.1, 0.15) is 5.82 Å². The summed E-state index contributed by atoms with van der Waals surface area (Å²) >= 11 is 7.36. The lowest BCUT2D eigenvalue weighted by atomic mass is 10.1. The Morgan fingerprint density at radius 2 is 1.75 bits per heavy atom. The number of amides is 1. The van der Waals surface area contributed by atoms with Crippen molar-refractivity contribution < 1.29 is 4.79 Å². The van der Waals surface area contributed by atoms with E-state index in [0.717, 1.165) is 23.5 Å². The van der Waals surface area contributed by atoms with Crippen molar-refractivity contribution in [1.82, 2.24) is 14.8 Å². The third-order valence-corrected chi connectivity index (χ3v) is 6.11. The second-order valence-corrected chi connectivity index (χ2v) is 8.64. The molecule has 7 heteroatoms. The number of carbonyl (C=O) groups is 1. The van der Waals surface area contributed by atoms with Crippen LogP contribution in [0, 0.1) is 0 Å². The van der Waals surface area contributed by atoms with Gasteiger partial charge in [0.05, 0.1) is 5.75 Å². The second kappa shape index (κ2) is 10.5. The Balaban J connectivity index is 1.55. The molecule has 0 fully saturated rings.